The number of carbonyl (C=O) groups is 1. The van der Waals surface area contributed by atoms with Gasteiger partial charge in [0.15, 0.2) is 0 Å². The summed E-state index contributed by atoms with van der Waals surface area (Å²) >= 11 is 1.07. The van der Waals surface area contributed by atoms with Gasteiger partial charge < -0.3 is 30.7 Å². The molecule has 0 atom stereocenters. The van der Waals surface area contributed by atoms with E-state index in [1.165, 1.54) is 0 Å². The number of ether oxygens (including phenoxy) is 2. The summed E-state index contributed by atoms with van der Waals surface area (Å²) in [5, 5.41) is 13.6. The number of nitriles is 1. The largest absolute Gasteiger partial charge is 0.461 e. The molecular weight excluding hydrogens is 382 g/mol. The van der Waals surface area contributed by atoms with Crippen molar-refractivity contribution in [2.75, 3.05) is 31.3 Å². The second kappa shape index (κ2) is 8.16. The molecule has 0 aromatic carbocycles. The maximum atomic E-state index is 11.2. The Morgan fingerprint density at radius 2 is 2.25 bits per heavy atom. The Morgan fingerprint density at radius 1 is 1.46 bits per heavy atom. The topological polar surface area (TPSA) is 149 Å². The van der Waals surface area contributed by atoms with Crippen molar-refractivity contribution >= 4 is 39.2 Å². The lowest BCUT2D eigenvalue weighted by Gasteiger charge is -2.11. The minimum Gasteiger partial charge on any atom is -0.461 e. The highest BCUT2D eigenvalue weighted by molar-refractivity contribution is 7.21. The number of fused-ring (bicyclic) bond motifs is 1. The zero-order chi connectivity index (χ0) is 20.3. The molecule has 0 saturated heterocycles. The molecule has 3 rings (SSSR count). The van der Waals surface area contributed by atoms with Crippen LogP contribution in [-0.2, 0) is 4.74 Å². The number of nitrogens with zero attached hydrogens (tertiary/aromatic N) is 2. The lowest BCUT2D eigenvalue weighted by Crippen LogP contribution is -2.16. The summed E-state index contributed by atoms with van der Waals surface area (Å²) in [4.78, 5) is 16.2. The van der Waals surface area contributed by atoms with Crippen molar-refractivity contribution in [2.45, 2.75) is 13.3 Å². The zero-order valence-electron chi connectivity index (χ0n) is 15.4. The number of pyridine rings is 1. The van der Waals surface area contributed by atoms with E-state index in [-0.39, 0.29) is 16.3 Å². The second-order valence-electron chi connectivity index (χ2n) is 5.91. The Kier molecular flexibility index (Phi) is 5.67. The number of primary amides is 1. The van der Waals surface area contributed by atoms with E-state index in [4.69, 9.17) is 25.4 Å². The van der Waals surface area contributed by atoms with E-state index in [0.717, 1.165) is 17.8 Å². The average molecular weight is 401 g/mol. The van der Waals surface area contributed by atoms with Gasteiger partial charge in [0.2, 0.25) is 5.06 Å². The van der Waals surface area contributed by atoms with Crippen LogP contribution in [0.2, 0.25) is 0 Å². The predicted molar refractivity (Wildman–Crippen MR) is 106 cm³/mol. The van der Waals surface area contributed by atoms with Gasteiger partial charge in [-0.05, 0) is 25.5 Å². The number of anilines is 2. The number of nitrogens with two attached hydrogens (primary N) is 2. The Balaban J connectivity index is 2.22. The Bertz CT molecular complexity index is 1070. The molecule has 5 N–H and O–H groups in total. The van der Waals surface area contributed by atoms with Gasteiger partial charge in [0.25, 0.3) is 0 Å². The molecular formula is C18H19N5O4S. The minimum atomic E-state index is -0.980. The lowest BCUT2D eigenvalue weighted by atomic mass is 10.0. The second-order valence-corrected chi connectivity index (χ2v) is 6.87. The van der Waals surface area contributed by atoms with E-state index in [2.05, 4.69) is 16.4 Å². The van der Waals surface area contributed by atoms with Crippen molar-refractivity contribution in [1.29, 1.82) is 5.26 Å². The number of aromatic nitrogens is 1. The number of rotatable bonds is 7. The van der Waals surface area contributed by atoms with Gasteiger partial charge in [-0.25, -0.2) is 9.78 Å². The molecule has 3 aromatic rings. The van der Waals surface area contributed by atoms with E-state index in [1.54, 1.807) is 26.2 Å². The van der Waals surface area contributed by atoms with Crippen LogP contribution in [0.3, 0.4) is 0 Å². The monoisotopic (exact) mass is 401 g/mol. The van der Waals surface area contributed by atoms with Crippen LogP contribution in [0.15, 0.2) is 16.5 Å². The van der Waals surface area contributed by atoms with E-state index in [0.29, 0.717) is 46.3 Å². The molecule has 0 aliphatic heterocycles. The number of aryl methyl sites for hydroxylation is 1. The fraction of sp³-hybridized carbons (Fsp3) is 0.278. The number of methoxy groups -OCH3 is 1. The molecule has 10 heteroatoms. The maximum absolute atomic E-state index is 11.2. The van der Waals surface area contributed by atoms with Gasteiger partial charge in [-0.3, -0.25) is 0 Å². The van der Waals surface area contributed by atoms with Crippen LogP contribution in [0.25, 0.3) is 21.5 Å². The first-order valence-corrected chi connectivity index (χ1v) is 9.20. The first-order chi connectivity index (χ1) is 13.5. The van der Waals surface area contributed by atoms with E-state index in [9.17, 15) is 10.1 Å². The highest BCUT2D eigenvalue weighted by atomic mass is 32.1. The molecule has 28 heavy (non-hydrogen) atoms. The predicted octanol–water partition coefficient (Wildman–Crippen LogP) is 3.22. The van der Waals surface area contributed by atoms with Crippen LogP contribution in [-0.4, -0.2) is 31.3 Å². The Labute approximate surface area is 164 Å². The highest BCUT2D eigenvalue weighted by Crippen LogP contribution is 2.46. The quantitative estimate of drug-likeness (QED) is 0.511. The van der Waals surface area contributed by atoms with Crippen LogP contribution in [0.1, 0.15) is 17.7 Å². The summed E-state index contributed by atoms with van der Waals surface area (Å²) in [7, 11) is 1.62. The molecule has 9 nitrogen and oxygen atoms in total. The third-order valence-corrected chi connectivity index (χ3v) is 4.93. The number of thiophene rings is 1. The molecule has 0 bridgehead atoms. The molecule has 3 aromatic heterocycles. The summed E-state index contributed by atoms with van der Waals surface area (Å²) in [6.07, 6.45) is -0.245. The van der Waals surface area contributed by atoms with Gasteiger partial charge in [-0.2, -0.15) is 5.26 Å². The number of nitrogen functional groups attached to an aromatic ring is 1. The molecule has 0 spiro atoms. The smallest absolute Gasteiger partial charge is 0.410 e. The summed E-state index contributed by atoms with van der Waals surface area (Å²) in [5.74, 6) is 1.54. The van der Waals surface area contributed by atoms with Crippen molar-refractivity contribution in [3.8, 4) is 22.5 Å². The van der Waals surface area contributed by atoms with Crippen molar-refractivity contribution in [1.82, 2.24) is 4.98 Å². The van der Waals surface area contributed by atoms with E-state index in [1.807, 2.05) is 0 Å². The molecule has 0 saturated carbocycles. The van der Waals surface area contributed by atoms with Gasteiger partial charge >= 0.3 is 6.09 Å². The first-order valence-electron chi connectivity index (χ1n) is 8.39. The number of nitrogens with one attached hydrogen (secondary N) is 1. The molecule has 0 unspecified atom stereocenters. The average Bonchev–Trinajstić information content (AvgIpc) is 3.21. The van der Waals surface area contributed by atoms with Crippen molar-refractivity contribution in [3.63, 3.8) is 0 Å². The van der Waals surface area contributed by atoms with Gasteiger partial charge in [0, 0.05) is 20.3 Å². The SMILES string of the molecule is COCCCNc1nc2sc(OC(N)=O)c(N)c2c(-c2ccc(C)o2)c1C#N. The van der Waals surface area contributed by atoms with Crippen LogP contribution < -0.4 is 21.5 Å². The molecule has 0 aliphatic carbocycles. The van der Waals surface area contributed by atoms with Gasteiger partial charge in [-0.1, -0.05) is 11.3 Å². The summed E-state index contributed by atoms with van der Waals surface area (Å²) in [6, 6.07) is 5.73. The zero-order valence-corrected chi connectivity index (χ0v) is 16.2. The molecule has 146 valence electrons. The molecule has 0 aliphatic rings. The summed E-state index contributed by atoms with van der Waals surface area (Å²) < 4.78 is 15.8. The van der Waals surface area contributed by atoms with Crippen LogP contribution in [0, 0.1) is 18.3 Å². The third kappa shape index (κ3) is 3.71. The minimum absolute atomic E-state index is 0.125. The van der Waals surface area contributed by atoms with Crippen molar-refractivity contribution in [2.24, 2.45) is 5.73 Å². The fourth-order valence-corrected chi connectivity index (χ4v) is 3.74. The highest BCUT2D eigenvalue weighted by Gasteiger charge is 2.25. The van der Waals surface area contributed by atoms with E-state index < -0.39 is 6.09 Å². The summed E-state index contributed by atoms with van der Waals surface area (Å²) in [5.41, 5.74) is 12.3. The maximum Gasteiger partial charge on any atom is 0.410 e. The molecule has 0 radical (unpaired) electrons. The van der Waals surface area contributed by atoms with Crippen LogP contribution >= 0.6 is 11.3 Å². The Morgan fingerprint density at radius 3 is 2.86 bits per heavy atom. The number of hydrogen-bond donors (Lipinski definition) is 3. The first kappa shape index (κ1) is 19.5. The number of amides is 1. The third-order valence-electron chi connectivity index (χ3n) is 3.95. The van der Waals surface area contributed by atoms with E-state index >= 15 is 0 Å². The van der Waals surface area contributed by atoms with Crippen LogP contribution in [0.4, 0.5) is 16.3 Å². The summed E-state index contributed by atoms with van der Waals surface area (Å²) in [6.45, 7) is 2.93. The number of hydrogen-bond acceptors (Lipinski definition) is 9. The van der Waals surface area contributed by atoms with Crippen LogP contribution in [0.5, 0.6) is 5.06 Å². The Hall–Kier alpha value is -3.29. The molecule has 0 fully saturated rings. The fourth-order valence-electron chi connectivity index (χ4n) is 2.77. The van der Waals surface area contributed by atoms with Gasteiger partial charge in [0.1, 0.15) is 33.8 Å². The number of carbonyl (C=O) groups excluding carboxylic acids is 1. The standard InChI is InChI=1S/C18H19N5O4S/c1-9-4-5-11(26-9)12-10(8-19)15(22-6-3-7-25-2)23-16-13(12)14(20)17(28-16)27-18(21)24/h4-5H,3,6-7,20H2,1-2H3,(H2,21,24)(H,22,23). The van der Waals surface area contributed by atoms with Gasteiger partial charge in [-0.15, -0.1) is 0 Å². The number of furan rings is 1. The van der Waals surface area contributed by atoms with Crippen molar-refractivity contribution < 1.29 is 18.7 Å². The normalized spacial score (nSPS) is 10.8. The molecule has 1 amide bonds. The van der Waals surface area contributed by atoms with Crippen molar-refractivity contribution in [3.05, 3.63) is 23.5 Å². The van der Waals surface area contributed by atoms with Gasteiger partial charge in [0.05, 0.1) is 16.6 Å². The lowest BCUT2D eigenvalue weighted by molar-refractivity contribution is 0.197. The molecule has 3 heterocycles.